The van der Waals surface area contributed by atoms with Gasteiger partial charge in [-0.2, -0.15) is 5.26 Å². The zero-order valence-corrected chi connectivity index (χ0v) is 17.5. The number of benzene rings is 3. The minimum Gasteiger partial charge on any atom is -0.192 e. The highest BCUT2D eigenvalue weighted by atomic mass is 14.2. The molecule has 0 spiro atoms. The first kappa shape index (κ1) is 20.6. The fourth-order valence-electron chi connectivity index (χ4n) is 3.53. The second kappa shape index (κ2) is 10.4. The quantitative estimate of drug-likeness (QED) is 0.288. The monoisotopic (exact) mass is 379 g/mol. The van der Waals surface area contributed by atoms with Crippen LogP contribution in [0.1, 0.15) is 61.8 Å². The average molecular weight is 380 g/mol. The Balaban J connectivity index is 1.66. The van der Waals surface area contributed by atoms with E-state index in [4.69, 9.17) is 5.26 Å². The highest BCUT2D eigenvalue weighted by Crippen LogP contribution is 2.24. The van der Waals surface area contributed by atoms with E-state index in [1.54, 1.807) is 0 Å². The van der Waals surface area contributed by atoms with Gasteiger partial charge in [-0.05, 0) is 65.3 Å². The molecule has 3 aromatic rings. The highest BCUT2D eigenvalue weighted by molar-refractivity contribution is 5.81. The molecule has 1 heteroatoms. The largest absolute Gasteiger partial charge is 0.192 e. The Morgan fingerprint density at radius 1 is 0.793 bits per heavy atom. The lowest BCUT2D eigenvalue weighted by molar-refractivity contribution is 0.667. The second-order valence-corrected chi connectivity index (χ2v) is 7.65. The van der Waals surface area contributed by atoms with Crippen molar-refractivity contribution >= 4 is 11.6 Å². The Kier molecular flexibility index (Phi) is 7.42. The summed E-state index contributed by atoms with van der Waals surface area (Å²) < 4.78 is 0. The maximum atomic E-state index is 8.92. The van der Waals surface area contributed by atoms with Crippen LogP contribution in [0.2, 0.25) is 0 Å². The molecule has 146 valence electrons. The van der Waals surface area contributed by atoms with E-state index in [2.05, 4.69) is 74.5 Å². The number of nitriles is 1. The molecule has 0 radical (unpaired) electrons. The molecule has 1 nitrogen and oxygen atoms in total. The molecule has 0 N–H and O–H groups in total. The van der Waals surface area contributed by atoms with Crippen LogP contribution in [0.5, 0.6) is 0 Å². The number of hydrogen-bond donors (Lipinski definition) is 0. The van der Waals surface area contributed by atoms with Crippen LogP contribution in [-0.2, 0) is 6.42 Å². The molecule has 0 saturated carbocycles. The molecule has 0 amide bonds. The van der Waals surface area contributed by atoms with Crippen molar-refractivity contribution in [3.8, 4) is 17.2 Å². The summed E-state index contributed by atoms with van der Waals surface area (Å²) in [4.78, 5) is 0. The smallest absolute Gasteiger partial charge is 0.0991 e. The van der Waals surface area contributed by atoms with Crippen LogP contribution in [0.25, 0.3) is 22.8 Å². The maximum Gasteiger partial charge on any atom is 0.0991 e. The van der Waals surface area contributed by atoms with Crippen molar-refractivity contribution in [2.24, 2.45) is 0 Å². The standard InChI is InChI=1S/C28H29N/c1-3-4-5-6-7-23-12-14-27(15-13-23)28-18-16-26(17-19-28)22(2)20-24-8-10-25(21-29)11-9-24/h8-20H,3-7H2,1-2H3/b22-20+. The molecule has 3 aromatic carbocycles. The molecule has 0 bridgehead atoms. The van der Waals surface area contributed by atoms with E-state index >= 15 is 0 Å². The van der Waals surface area contributed by atoms with Gasteiger partial charge in [0.15, 0.2) is 0 Å². The van der Waals surface area contributed by atoms with Gasteiger partial charge in [0.2, 0.25) is 0 Å². The third-order valence-corrected chi connectivity index (χ3v) is 5.37. The minimum atomic E-state index is 0.691. The number of unbranched alkanes of at least 4 members (excludes halogenated alkanes) is 3. The summed E-state index contributed by atoms with van der Waals surface area (Å²) in [7, 11) is 0. The van der Waals surface area contributed by atoms with Gasteiger partial charge in [-0.3, -0.25) is 0 Å². The fraction of sp³-hybridized carbons (Fsp3) is 0.250. The van der Waals surface area contributed by atoms with Crippen LogP contribution in [0, 0.1) is 11.3 Å². The van der Waals surface area contributed by atoms with E-state index in [1.807, 2.05) is 24.3 Å². The van der Waals surface area contributed by atoms with E-state index in [-0.39, 0.29) is 0 Å². The highest BCUT2D eigenvalue weighted by Gasteiger charge is 2.01. The molecule has 0 aliphatic rings. The average Bonchev–Trinajstić information content (AvgIpc) is 2.78. The van der Waals surface area contributed by atoms with Gasteiger partial charge >= 0.3 is 0 Å². The molecule has 0 aliphatic carbocycles. The predicted molar refractivity (Wildman–Crippen MR) is 124 cm³/mol. The van der Waals surface area contributed by atoms with Gasteiger partial charge in [0, 0.05) is 0 Å². The molecule has 29 heavy (non-hydrogen) atoms. The SMILES string of the molecule is CCCCCCc1ccc(-c2ccc(/C(C)=C/c3ccc(C#N)cc3)cc2)cc1. The van der Waals surface area contributed by atoms with E-state index in [0.717, 1.165) is 5.56 Å². The van der Waals surface area contributed by atoms with E-state index < -0.39 is 0 Å². The van der Waals surface area contributed by atoms with Crippen molar-refractivity contribution in [3.05, 3.63) is 95.1 Å². The van der Waals surface area contributed by atoms with Crippen molar-refractivity contribution in [1.29, 1.82) is 5.26 Å². The minimum absolute atomic E-state index is 0.691. The van der Waals surface area contributed by atoms with Gasteiger partial charge in [0.25, 0.3) is 0 Å². The molecule has 0 fully saturated rings. The molecule has 0 unspecified atom stereocenters. The summed E-state index contributed by atoms with van der Waals surface area (Å²) in [6, 6.07) is 27.6. The molecule has 3 rings (SSSR count). The van der Waals surface area contributed by atoms with E-state index in [1.165, 1.54) is 59.9 Å². The molecule has 0 atom stereocenters. The summed E-state index contributed by atoms with van der Waals surface area (Å²) in [6.45, 7) is 4.38. The summed E-state index contributed by atoms with van der Waals surface area (Å²) in [5.74, 6) is 0. The number of nitrogens with zero attached hydrogens (tertiary/aromatic N) is 1. The van der Waals surface area contributed by atoms with Crippen LogP contribution in [0.4, 0.5) is 0 Å². The predicted octanol–water partition coefficient (Wildman–Crippen LogP) is 7.91. The fourth-order valence-corrected chi connectivity index (χ4v) is 3.53. The molecule has 0 aromatic heterocycles. The number of allylic oxidation sites excluding steroid dienone is 1. The maximum absolute atomic E-state index is 8.92. The van der Waals surface area contributed by atoms with Gasteiger partial charge < -0.3 is 0 Å². The lowest BCUT2D eigenvalue weighted by Gasteiger charge is -2.07. The zero-order valence-electron chi connectivity index (χ0n) is 17.5. The summed E-state index contributed by atoms with van der Waals surface area (Å²) >= 11 is 0. The van der Waals surface area contributed by atoms with Gasteiger partial charge in [-0.1, -0.05) is 92.9 Å². The molecule has 0 aliphatic heterocycles. The van der Waals surface area contributed by atoms with E-state index in [9.17, 15) is 0 Å². The summed E-state index contributed by atoms with van der Waals surface area (Å²) in [6.07, 6.45) is 8.57. The van der Waals surface area contributed by atoms with Crippen LogP contribution >= 0.6 is 0 Å². The topological polar surface area (TPSA) is 23.8 Å². The summed E-state index contributed by atoms with van der Waals surface area (Å²) in [5, 5.41) is 8.92. The Morgan fingerprint density at radius 3 is 2.00 bits per heavy atom. The Bertz CT molecular complexity index is 968. The molecule has 0 saturated heterocycles. The Labute approximate surface area is 175 Å². The first-order valence-corrected chi connectivity index (χ1v) is 10.6. The van der Waals surface area contributed by atoms with Crippen molar-refractivity contribution in [2.75, 3.05) is 0 Å². The van der Waals surface area contributed by atoms with Gasteiger partial charge in [-0.15, -0.1) is 0 Å². The lowest BCUT2D eigenvalue weighted by atomic mass is 9.98. The van der Waals surface area contributed by atoms with Crippen molar-refractivity contribution < 1.29 is 0 Å². The van der Waals surface area contributed by atoms with Crippen LogP contribution in [0.15, 0.2) is 72.8 Å². The zero-order chi connectivity index (χ0) is 20.5. The first-order valence-electron chi connectivity index (χ1n) is 10.6. The molecular weight excluding hydrogens is 350 g/mol. The van der Waals surface area contributed by atoms with Gasteiger partial charge in [-0.25, -0.2) is 0 Å². The van der Waals surface area contributed by atoms with Crippen molar-refractivity contribution in [3.63, 3.8) is 0 Å². The lowest BCUT2D eigenvalue weighted by Crippen LogP contribution is -1.87. The number of rotatable bonds is 8. The Morgan fingerprint density at radius 2 is 1.41 bits per heavy atom. The molecule has 0 heterocycles. The van der Waals surface area contributed by atoms with Crippen LogP contribution in [0.3, 0.4) is 0 Å². The third-order valence-electron chi connectivity index (χ3n) is 5.37. The normalized spacial score (nSPS) is 11.3. The summed E-state index contributed by atoms with van der Waals surface area (Å²) in [5.41, 5.74) is 8.17. The van der Waals surface area contributed by atoms with Gasteiger partial charge in [0.05, 0.1) is 11.6 Å². The van der Waals surface area contributed by atoms with Gasteiger partial charge in [0.1, 0.15) is 0 Å². The molecular formula is C28H29N. The number of aryl methyl sites for hydroxylation is 1. The van der Waals surface area contributed by atoms with E-state index in [0.29, 0.717) is 5.56 Å². The van der Waals surface area contributed by atoms with Crippen LogP contribution in [-0.4, -0.2) is 0 Å². The van der Waals surface area contributed by atoms with Crippen molar-refractivity contribution in [1.82, 2.24) is 0 Å². The second-order valence-electron chi connectivity index (χ2n) is 7.65. The first-order chi connectivity index (χ1) is 14.2. The third kappa shape index (κ3) is 5.93. The Hall–Kier alpha value is -3.11. The number of hydrogen-bond acceptors (Lipinski definition) is 1. The van der Waals surface area contributed by atoms with Crippen molar-refractivity contribution in [2.45, 2.75) is 46.0 Å². The van der Waals surface area contributed by atoms with Crippen LogP contribution < -0.4 is 0 Å².